The highest BCUT2D eigenvalue weighted by atomic mass is 16.4. The average molecular weight is 471 g/mol. The number of aliphatic carboxylic acids is 1. The van der Waals surface area contributed by atoms with Gasteiger partial charge in [0, 0.05) is 19.4 Å². The highest BCUT2D eigenvalue weighted by molar-refractivity contribution is 5.94. The second kappa shape index (κ2) is 12.7. The van der Waals surface area contributed by atoms with Crippen molar-refractivity contribution in [1.82, 2.24) is 15.5 Å². The van der Waals surface area contributed by atoms with Gasteiger partial charge in [0.2, 0.25) is 29.5 Å². The Morgan fingerprint density at radius 3 is 2.09 bits per heavy atom. The van der Waals surface area contributed by atoms with Crippen molar-refractivity contribution in [3.05, 3.63) is 0 Å². The van der Waals surface area contributed by atoms with Crippen LogP contribution in [0.25, 0.3) is 0 Å². The fourth-order valence-corrected chi connectivity index (χ4v) is 3.53. The maximum atomic E-state index is 12.9. The normalized spacial score (nSPS) is 18.3. The van der Waals surface area contributed by atoms with E-state index in [-0.39, 0.29) is 25.7 Å². The summed E-state index contributed by atoms with van der Waals surface area (Å²) >= 11 is 0. The van der Waals surface area contributed by atoms with Crippen LogP contribution in [0.4, 0.5) is 0 Å². The quantitative estimate of drug-likeness (QED) is 0.169. The Hall–Kier alpha value is -3.22. The van der Waals surface area contributed by atoms with E-state index in [1.165, 1.54) is 4.90 Å². The molecule has 186 valence electrons. The summed E-state index contributed by atoms with van der Waals surface area (Å²) in [6.07, 6.45) is 0.488. The highest BCUT2D eigenvalue weighted by Gasteiger charge is 2.38. The fourth-order valence-electron chi connectivity index (χ4n) is 3.53. The van der Waals surface area contributed by atoms with Crippen LogP contribution in [-0.2, 0) is 28.8 Å². The molecule has 0 aromatic heterocycles. The summed E-state index contributed by atoms with van der Waals surface area (Å²) in [5.41, 5.74) is 16.0. The highest BCUT2D eigenvalue weighted by Crippen LogP contribution is 2.20. The zero-order chi connectivity index (χ0) is 25.3. The molecule has 0 radical (unpaired) electrons. The molecule has 0 spiro atoms. The molecule has 1 heterocycles. The zero-order valence-electron chi connectivity index (χ0n) is 18.9. The van der Waals surface area contributed by atoms with Gasteiger partial charge >= 0.3 is 5.97 Å². The lowest BCUT2D eigenvalue weighted by Gasteiger charge is -2.29. The summed E-state index contributed by atoms with van der Waals surface area (Å²) < 4.78 is 0. The van der Waals surface area contributed by atoms with E-state index in [0.717, 1.165) is 0 Å². The molecule has 33 heavy (non-hydrogen) atoms. The van der Waals surface area contributed by atoms with Crippen LogP contribution < -0.4 is 27.8 Å². The molecule has 1 fully saturated rings. The Morgan fingerprint density at radius 2 is 1.58 bits per heavy atom. The summed E-state index contributed by atoms with van der Waals surface area (Å²) in [6, 6.07) is -4.27. The van der Waals surface area contributed by atoms with Crippen LogP contribution in [0.2, 0.25) is 0 Å². The molecule has 13 heteroatoms. The summed E-state index contributed by atoms with van der Waals surface area (Å²) in [6.45, 7) is 3.63. The molecule has 0 aliphatic carbocycles. The van der Waals surface area contributed by atoms with Gasteiger partial charge in [0.1, 0.15) is 18.1 Å². The summed E-state index contributed by atoms with van der Waals surface area (Å²) in [5.74, 6) is -4.82. The van der Waals surface area contributed by atoms with Gasteiger partial charge in [-0.2, -0.15) is 0 Å². The molecule has 0 bridgehead atoms. The predicted octanol–water partition coefficient (Wildman–Crippen LogP) is -2.45. The van der Waals surface area contributed by atoms with E-state index in [4.69, 9.17) is 17.2 Å². The van der Waals surface area contributed by atoms with Gasteiger partial charge in [-0.25, -0.2) is 4.79 Å². The molecular weight excluding hydrogens is 436 g/mol. The Balaban J connectivity index is 2.85. The van der Waals surface area contributed by atoms with Crippen molar-refractivity contribution in [2.75, 3.05) is 6.54 Å². The van der Waals surface area contributed by atoms with E-state index in [9.17, 15) is 33.9 Å². The molecule has 0 aromatic rings. The van der Waals surface area contributed by atoms with Crippen LogP contribution in [0.5, 0.6) is 0 Å². The van der Waals surface area contributed by atoms with E-state index in [2.05, 4.69) is 10.6 Å². The van der Waals surface area contributed by atoms with Gasteiger partial charge < -0.3 is 37.8 Å². The van der Waals surface area contributed by atoms with Crippen molar-refractivity contribution >= 4 is 35.5 Å². The summed E-state index contributed by atoms with van der Waals surface area (Å²) in [4.78, 5) is 72.9. The number of hydrogen-bond donors (Lipinski definition) is 6. The number of hydrogen-bond acceptors (Lipinski definition) is 7. The third-order valence-electron chi connectivity index (χ3n) is 5.40. The number of likely N-dealkylation sites (tertiary alicyclic amines) is 1. The standard InChI is InChI=1S/C20H34N6O7/c1-10(2)16(18(30)24-12(20(32)33)6-8-15(23)28)25-17(29)13-4-3-9-26(13)19(31)11(21)5-7-14(22)27/h10-13,16H,3-9,21H2,1-2H3,(H2,22,27)(H2,23,28)(H,24,30)(H,25,29)(H,32,33). The minimum atomic E-state index is -1.35. The van der Waals surface area contributed by atoms with Crippen LogP contribution >= 0.6 is 0 Å². The lowest BCUT2D eigenvalue weighted by molar-refractivity contribution is -0.143. The minimum Gasteiger partial charge on any atom is -0.480 e. The maximum Gasteiger partial charge on any atom is 0.326 e. The molecule has 4 unspecified atom stereocenters. The van der Waals surface area contributed by atoms with E-state index >= 15 is 0 Å². The van der Waals surface area contributed by atoms with Crippen LogP contribution in [0.3, 0.4) is 0 Å². The van der Waals surface area contributed by atoms with Crippen molar-refractivity contribution in [2.24, 2.45) is 23.1 Å². The number of carboxylic acids is 1. The second-order valence-corrected chi connectivity index (χ2v) is 8.44. The van der Waals surface area contributed by atoms with Crippen LogP contribution in [0, 0.1) is 5.92 Å². The molecule has 13 nitrogen and oxygen atoms in total. The molecule has 1 aliphatic heterocycles. The predicted molar refractivity (Wildman–Crippen MR) is 116 cm³/mol. The first-order valence-corrected chi connectivity index (χ1v) is 10.8. The molecule has 1 saturated heterocycles. The van der Waals surface area contributed by atoms with Gasteiger partial charge in [0.15, 0.2) is 0 Å². The molecule has 9 N–H and O–H groups in total. The van der Waals surface area contributed by atoms with Crippen molar-refractivity contribution in [3.8, 4) is 0 Å². The van der Waals surface area contributed by atoms with Gasteiger partial charge in [-0.05, 0) is 31.6 Å². The van der Waals surface area contributed by atoms with Crippen LogP contribution in [-0.4, -0.2) is 76.2 Å². The van der Waals surface area contributed by atoms with E-state index < -0.39 is 65.6 Å². The first-order chi connectivity index (χ1) is 15.3. The molecule has 1 rings (SSSR count). The Labute approximate surface area is 191 Å². The number of carbonyl (C=O) groups is 6. The minimum absolute atomic E-state index is 0.0535. The largest absolute Gasteiger partial charge is 0.480 e. The Kier molecular flexibility index (Phi) is 10.7. The lowest BCUT2D eigenvalue weighted by Crippen LogP contribution is -2.58. The summed E-state index contributed by atoms with van der Waals surface area (Å²) in [5, 5.41) is 14.2. The maximum absolute atomic E-state index is 12.9. The summed E-state index contributed by atoms with van der Waals surface area (Å²) in [7, 11) is 0. The van der Waals surface area contributed by atoms with E-state index in [0.29, 0.717) is 19.4 Å². The number of nitrogens with two attached hydrogens (primary N) is 3. The third kappa shape index (κ3) is 8.67. The monoisotopic (exact) mass is 470 g/mol. The second-order valence-electron chi connectivity index (χ2n) is 8.44. The van der Waals surface area contributed by atoms with Crippen LogP contribution in [0.15, 0.2) is 0 Å². The number of primary amides is 2. The van der Waals surface area contributed by atoms with Gasteiger partial charge in [0.05, 0.1) is 6.04 Å². The zero-order valence-corrected chi connectivity index (χ0v) is 18.9. The first-order valence-electron chi connectivity index (χ1n) is 10.8. The molecule has 0 aromatic carbocycles. The third-order valence-corrected chi connectivity index (χ3v) is 5.40. The fraction of sp³-hybridized carbons (Fsp3) is 0.700. The average Bonchev–Trinajstić information content (AvgIpc) is 3.21. The number of carbonyl (C=O) groups excluding carboxylic acids is 5. The van der Waals surface area contributed by atoms with Crippen molar-refractivity contribution in [2.45, 2.75) is 76.5 Å². The number of amides is 5. The molecular formula is C20H34N6O7. The molecule has 0 saturated carbocycles. The van der Waals surface area contributed by atoms with Crippen molar-refractivity contribution < 1.29 is 33.9 Å². The first kappa shape index (κ1) is 27.8. The van der Waals surface area contributed by atoms with Gasteiger partial charge in [-0.1, -0.05) is 13.8 Å². The van der Waals surface area contributed by atoms with Gasteiger partial charge in [-0.15, -0.1) is 0 Å². The SMILES string of the molecule is CC(C)C(NC(=O)C1CCCN1C(=O)C(N)CCC(N)=O)C(=O)NC(CCC(N)=O)C(=O)O. The van der Waals surface area contributed by atoms with Gasteiger partial charge in [-0.3, -0.25) is 24.0 Å². The number of carboxylic acid groups (broad SMARTS) is 1. The Bertz CT molecular complexity index is 772. The van der Waals surface area contributed by atoms with E-state index in [1.54, 1.807) is 13.8 Å². The van der Waals surface area contributed by atoms with Crippen molar-refractivity contribution in [3.63, 3.8) is 0 Å². The Morgan fingerprint density at radius 1 is 1.00 bits per heavy atom. The molecule has 5 amide bonds. The molecule has 1 aliphatic rings. The van der Waals surface area contributed by atoms with Crippen molar-refractivity contribution in [1.29, 1.82) is 0 Å². The number of nitrogens with zero attached hydrogens (tertiary/aromatic N) is 1. The number of nitrogens with one attached hydrogen (secondary N) is 2. The topological polar surface area (TPSA) is 228 Å². The van der Waals surface area contributed by atoms with Gasteiger partial charge in [0.25, 0.3) is 0 Å². The molecule has 4 atom stereocenters. The van der Waals surface area contributed by atoms with Crippen LogP contribution in [0.1, 0.15) is 52.4 Å². The lowest BCUT2D eigenvalue weighted by atomic mass is 10.0. The van der Waals surface area contributed by atoms with E-state index in [1.807, 2.05) is 0 Å². The smallest absolute Gasteiger partial charge is 0.326 e. The number of rotatable bonds is 13.